The zero-order valence-corrected chi connectivity index (χ0v) is 17.7. The Hall–Kier alpha value is -2.90. The van der Waals surface area contributed by atoms with Gasteiger partial charge in [-0.05, 0) is 30.0 Å². The lowest BCUT2D eigenvalue weighted by molar-refractivity contribution is 0.0934. The van der Waals surface area contributed by atoms with Gasteiger partial charge in [0.05, 0.1) is 6.04 Å². The monoisotopic (exact) mass is 423 g/mol. The van der Waals surface area contributed by atoms with Crippen LogP contribution in [0.3, 0.4) is 0 Å². The molecule has 30 heavy (non-hydrogen) atoms. The van der Waals surface area contributed by atoms with E-state index in [-0.39, 0.29) is 16.8 Å². The molecule has 0 spiro atoms. The number of sulfonamides is 1. The molecule has 2 aromatic carbocycles. The Labute approximate surface area is 177 Å². The summed E-state index contributed by atoms with van der Waals surface area (Å²) in [6.07, 6.45) is 3.26. The molecule has 3 aromatic rings. The summed E-state index contributed by atoms with van der Waals surface area (Å²) in [6.45, 7) is 1.06. The topological polar surface area (TPSA) is 71.4 Å². The number of hydrogen-bond donors (Lipinski definition) is 1. The van der Waals surface area contributed by atoms with E-state index in [0.29, 0.717) is 18.8 Å². The molecular formula is C23H25N3O3S. The zero-order chi connectivity index (χ0) is 21.1. The quantitative estimate of drug-likeness (QED) is 0.661. The SMILES string of the molecule is Cn1cc(S(=O)(=O)N2CCCC2)cc1C(=O)NC(c1ccccc1)c1ccccc1. The highest BCUT2D eigenvalue weighted by Gasteiger charge is 2.30. The second-order valence-corrected chi connectivity index (χ2v) is 9.45. The fourth-order valence-corrected chi connectivity index (χ4v) is 5.42. The number of hydrogen-bond acceptors (Lipinski definition) is 3. The first-order valence-electron chi connectivity index (χ1n) is 10.0. The highest BCUT2D eigenvalue weighted by Crippen LogP contribution is 2.25. The van der Waals surface area contributed by atoms with Crippen LogP contribution in [0, 0.1) is 0 Å². The van der Waals surface area contributed by atoms with E-state index in [1.165, 1.54) is 16.6 Å². The molecule has 1 aromatic heterocycles. The van der Waals surface area contributed by atoms with Crippen molar-refractivity contribution < 1.29 is 13.2 Å². The standard InChI is InChI=1S/C23H25N3O3S/c1-25-17-20(30(28,29)26-14-8-9-15-26)16-21(25)23(27)24-22(18-10-4-2-5-11-18)19-12-6-3-7-13-19/h2-7,10-13,16-17,22H,8-9,14-15H2,1H3,(H,24,27). The summed E-state index contributed by atoms with van der Waals surface area (Å²) in [5.74, 6) is -0.321. The van der Waals surface area contributed by atoms with E-state index < -0.39 is 10.0 Å². The number of carbonyl (C=O) groups excluding carboxylic acids is 1. The van der Waals surface area contributed by atoms with Crippen molar-refractivity contribution in [3.63, 3.8) is 0 Å². The van der Waals surface area contributed by atoms with E-state index in [2.05, 4.69) is 5.32 Å². The zero-order valence-electron chi connectivity index (χ0n) is 16.9. The molecular weight excluding hydrogens is 398 g/mol. The van der Waals surface area contributed by atoms with Crippen LogP contribution in [0.2, 0.25) is 0 Å². The molecule has 1 aliphatic heterocycles. The summed E-state index contributed by atoms with van der Waals surface area (Å²) >= 11 is 0. The summed E-state index contributed by atoms with van der Waals surface area (Å²) in [6, 6.07) is 20.6. The molecule has 0 bridgehead atoms. The Bertz CT molecular complexity index is 1080. The maximum atomic E-state index is 13.1. The maximum Gasteiger partial charge on any atom is 0.268 e. The Morgan fingerprint density at radius 2 is 1.47 bits per heavy atom. The fraction of sp³-hybridized carbons (Fsp3) is 0.261. The van der Waals surface area contributed by atoms with Gasteiger partial charge in [-0.2, -0.15) is 4.31 Å². The molecule has 1 N–H and O–H groups in total. The van der Waals surface area contributed by atoms with Gasteiger partial charge >= 0.3 is 0 Å². The number of aromatic nitrogens is 1. The average Bonchev–Trinajstić information content (AvgIpc) is 3.44. The third kappa shape index (κ3) is 4.04. The van der Waals surface area contributed by atoms with Crippen LogP contribution in [0.5, 0.6) is 0 Å². The normalized spacial score (nSPS) is 14.9. The molecule has 6 nitrogen and oxygen atoms in total. The third-order valence-electron chi connectivity index (χ3n) is 5.46. The Morgan fingerprint density at radius 1 is 0.933 bits per heavy atom. The number of aryl methyl sites for hydroxylation is 1. The van der Waals surface area contributed by atoms with Gasteiger partial charge in [0.2, 0.25) is 10.0 Å². The summed E-state index contributed by atoms with van der Waals surface area (Å²) in [5.41, 5.74) is 2.22. The van der Waals surface area contributed by atoms with Crippen LogP contribution in [-0.4, -0.2) is 36.3 Å². The van der Waals surface area contributed by atoms with Crippen LogP contribution in [0.25, 0.3) is 0 Å². The molecule has 0 radical (unpaired) electrons. The van der Waals surface area contributed by atoms with Crippen LogP contribution in [0.4, 0.5) is 0 Å². The van der Waals surface area contributed by atoms with Crippen molar-refractivity contribution in [1.82, 2.24) is 14.2 Å². The highest BCUT2D eigenvalue weighted by molar-refractivity contribution is 7.89. The van der Waals surface area contributed by atoms with Gasteiger partial charge in [0.1, 0.15) is 10.6 Å². The first-order chi connectivity index (χ1) is 14.5. The summed E-state index contributed by atoms with van der Waals surface area (Å²) < 4.78 is 28.8. The predicted octanol–water partition coefficient (Wildman–Crippen LogP) is 3.33. The molecule has 0 unspecified atom stereocenters. The Kier molecular flexibility index (Phi) is 5.74. The second kappa shape index (κ2) is 8.45. The first kappa shape index (κ1) is 20.4. The van der Waals surface area contributed by atoms with Gasteiger partial charge in [-0.3, -0.25) is 4.79 Å². The minimum Gasteiger partial charge on any atom is -0.345 e. The van der Waals surface area contributed by atoms with Crippen molar-refractivity contribution in [2.45, 2.75) is 23.8 Å². The van der Waals surface area contributed by atoms with Crippen molar-refractivity contribution in [3.8, 4) is 0 Å². The van der Waals surface area contributed by atoms with Crippen LogP contribution >= 0.6 is 0 Å². The van der Waals surface area contributed by atoms with Crippen molar-refractivity contribution in [1.29, 1.82) is 0 Å². The molecule has 7 heteroatoms. The molecule has 1 saturated heterocycles. The number of nitrogens with one attached hydrogen (secondary N) is 1. The van der Waals surface area contributed by atoms with Gasteiger partial charge in [0, 0.05) is 26.3 Å². The summed E-state index contributed by atoms with van der Waals surface area (Å²) in [4.78, 5) is 13.3. The van der Waals surface area contributed by atoms with E-state index in [0.717, 1.165) is 24.0 Å². The lowest BCUT2D eigenvalue weighted by Gasteiger charge is -2.20. The second-order valence-electron chi connectivity index (χ2n) is 7.51. The highest BCUT2D eigenvalue weighted by atomic mass is 32.2. The molecule has 0 aliphatic carbocycles. The van der Waals surface area contributed by atoms with Gasteiger partial charge in [0.15, 0.2) is 0 Å². The first-order valence-corrected chi connectivity index (χ1v) is 11.5. The van der Waals surface area contributed by atoms with Crippen LogP contribution in [-0.2, 0) is 17.1 Å². The van der Waals surface area contributed by atoms with E-state index in [1.807, 2.05) is 60.7 Å². The van der Waals surface area contributed by atoms with E-state index in [4.69, 9.17) is 0 Å². The van der Waals surface area contributed by atoms with Crippen molar-refractivity contribution >= 4 is 15.9 Å². The van der Waals surface area contributed by atoms with E-state index in [1.54, 1.807) is 11.6 Å². The number of rotatable bonds is 6. The number of amides is 1. The molecule has 156 valence electrons. The molecule has 1 fully saturated rings. The lowest BCUT2D eigenvalue weighted by atomic mass is 9.98. The molecule has 0 saturated carbocycles. The molecule has 2 heterocycles. The van der Waals surface area contributed by atoms with Crippen LogP contribution < -0.4 is 5.32 Å². The van der Waals surface area contributed by atoms with Gasteiger partial charge in [-0.1, -0.05) is 60.7 Å². The predicted molar refractivity (Wildman–Crippen MR) is 116 cm³/mol. The van der Waals surface area contributed by atoms with Gasteiger partial charge in [-0.15, -0.1) is 0 Å². The van der Waals surface area contributed by atoms with Crippen LogP contribution in [0.1, 0.15) is 40.5 Å². The van der Waals surface area contributed by atoms with E-state index in [9.17, 15) is 13.2 Å². The van der Waals surface area contributed by atoms with Crippen molar-refractivity contribution in [2.75, 3.05) is 13.1 Å². The number of nitrogens with zero attached hydrogens (tertiary/aromatic N) is 2. The van der Waals surface area contributed by atoms with Gasteiger partial charge < -0.3 is 9.88 Å². The fourth-order valence-electron chi connectivity index (χ4n) is 3.83. The molecule has 1 aliphatic rings. The minimum atomic E-state index is -3.57. The van der Waals surface area contributed by atoms with Gasteiger partial charge in [-0.25, -0.2) is 8.42 Å². The van der Waals surface area contributed by atoms with Crippen molar-refractivity contribution in [3.05, 3.63) is 89.7 Å². The van der Waals surface area contributed by atoms with Crippen LogP contribution in [0.15, 0.2) is 77.8 Å². The molecule has 4 rings (SSSR count). The van der Waals surface area contributed by atoms with E-state index >= 15 is 0 Å². The lowest BCUT2D eigenvalue weighted by Crippen LogP contribution is -2.30. The largest absolute Gasteiger partial charge is 0.345 e. The smallest absolute Gasteiger partial charge is 0.268 e. The van der Waals surface area contributed by atoms with Crippen molar-refractivity contribution in [2.24, 2.45) is 7.05 Å². The summed E-state index contributed by atoms with van der Waals surface area (Å²) in [7, 11) is -1.88. The Balaban J connectivity index is 1.63. The molecule has 1 amide bonds. The average molecular weight is 424 g/mol. The minimum absolute atomic E-state index is 0.160. The summed E-state index contributed by atoms with van der Waals surface area (Å²) in [5, 5.41) is 3.07. The van der Waals surface area contributed by atoms with Gasteiger partial charge in [0.25, 0.3) is 5.91 Å². The Morgan fingerprint density at radius 3 is 2.00 bits per heavy atom. The third-order valence-corrected chi connectivity index (χ3v) is 7.32. The number of carbonyl (C=O) groups is 1. The molecule has 0 atom stereocenters. The maximum absolute atomic E-state index is 13.1. The number of benzene rings is 2.